The van der Waals surface area contributed by atoms with Gasteiger partial charge in [-0.2, -0.15) is 0 Å². The van der Waals surface area contributed by atoms with Gasteiger partial charge < -0.3 is 0 Å². The molecule has 0 bridgehead atoms. The molecule has 0 aromatic heterocycles. The van der Waals surface area contributed by atoms with Gasteiger partial charge >= 0.3 is 85.5 Å². The van der Waals surface area contributed by atoms with Gasteiger partial charge in [-0.3, -0.25) is 0 Å². The summed E-state index contributed by atoms with van der Waals surface area (Å²) in [4.78, 5) is 0. The molecule has 1 aliphatic rings. The molecule has 0 fully saturated rings. The van der Waals surface area contributed by atoms with Crippen LogP contribution in [0.2, 0.25) is 0 Å². The van der Waals surface area contributed by atoms with Crippen molar-refractivity contribution in [3.63, 3.8) is 0 Å². The molecule has 2 nitrogen and oxygen atoms in total. The topological polar surface area (TPSA) is 34.1 Å². The molecular weight excluding hydrogens is 287 g/mol. The fraction of sp³-hybridized carbons (Fsp3) is 0.286. The summed E-state index contributed by atoms with van der Waals surface area (Å²) in [5, 5.41) is -0.476. The van der Waals surface area contributed by atoms with E-state index in [1.165, 1.54) is 0 Å². The maximum atomic E-state index is 12.2. The van der Waals surface area contributed by atoms with Gasteiger partial charge in [-0.25, -0.2) is 0 Å². The van der Waals surface area contributed by atoms with Gasteiger partial charge in [0.1, 0.15) is 0 Å². The zero-order valence-electron chi connectivity index (χ0n) is 6.60. The van der Waals surface area contributed by atoms with Crippen molar-refractivity contribution >= 4 is 29.3 Å². The molecule has 0 spiro atoms. The van der Waals surface area contributed by atoms with Crippen molar-refractivity contribution in [1.82, 2.24) is 0 Å². The predicted octanol–water partition coefficient (Wildman–Crippen LogP) is 2.10. The Kier molecular flexibility index (Phi) is 3.29. The van der Waals surface area contributed by atoms with Crippen molar-refractivity contribution in [1.29, 1.82) is 0 Å². The summed E-state index contributed by atoms with van der Waals surface area (Å²) in [6.45, 7) is 0. The van der Waals surface area contributed by atoms with E-state index in [2.05, 4.69) is 0 Å². The first-order valence-corrected chi connectivity index (χ1v) is 6.04. The van der Waals surface area contributed by atoms with E-state index < -0.39 is 30.1 Å². The molecule has 0 aromatic carbocycles. The molecule has 0 radical (unpaired) electrons. The van der Waals surface area contributed by atoms with Crippen LogP contribution in [0.15, 0.2) is 22.8 Å². The number of hydrogen-bond donors (Lipinski definition) is 0. The molecule has 14 heavy (non-hydrogen) atoms. The molecule has 1 aliphatic carbocycles. The van der Waals surface area contributed by atoms with Gasteiger partial charge in [0.15, 0.2) is 0 Å². The average molecular weight is 292 g/mol. The Bertz CT molecular complexity index is 434. The van der Waals surface area contributed by atoms with Gasteiger partial charge in [0, 0.05) is 0 Å². The monoisotopic (exact) mass is 292 g/mol. The summed E-state index contributed by atoms with van der Waals surface area (Å²) in [5.74, 6) is 0. The molecule has 0 saturated carbocycles. The summed E-state index contributed by atoms with van der Waals surface area (Å²) in [6.07, 6.45) is -3.25. The summed E-state index contributed by atoms with van der Waals surface area (Å²) in [6, 6.07) is 0. The molecule has 0 aliphatic heterocycles. The van der Waals surface area contributed by atoms with Gasteiger partial charge in [0.25, 0.3) is 0 Å². The summed E-state index contributed by atoms with van der Waals surface area (Å²) in [7, 11) is 0. The first kappa shape index (κ1) is 11.6. The molecule has 0 heterocycles. The normalized spacial score (nSPS) is 17.6. The van der Waals surface area contributed by atoms with E-state index in [4.69, 9.17) is 11.6 Å². The van der Waals surface area contributed by atoms with Crippen LogP contribution in [0.5, 0.6) is 0 Å². The zero-order chi connectivity index (χ0) is 10.9. The van der Waals surface area contributed by atoms with Gasteiger partial charge in [-0.05, 0) is 0 Å². The minimum atomic E-state index is -4.53. The Morgan fingerprint density at radius 2 is 1.86 bits per heavy atom. The van der Waals surface area contributed by atoms with Crippen molar-refractivity contribution in [3.8, 4) is 0 Å². The van der Waals surface area contributed by atoms with Crippen LogP contribution < -0.4 is 0 Å². The van der Waals surface area contributed by atoms with E-state index in [0.717, 1.165) is 6.08 Å². The van der Waals surface area contributed by atoms with Crippen LogP contribution >= 0.6 is 11.6 Å². The van der Waals surface area contributed by atoms with Crippen LogP contribution in [0.4, 0.5) is 13.2 Å². The Morgan fingerprint density at radius 1 is 1.29 bits per heavy atom. The van der Waals surface area contributed by atoms with E-state index in [9.17, 15) is 20.8 Å². The van der Waals surface area contributed by atoms with Crippen LogP contribution in [0.3, 0.4) is 0 Å². The van der Waals surface area contributed by atoms with Gasteiger partial charge in [-0.15, -0.1) is 0 Å². The van der Waals surface area contributed by atoms with Gasteiger partial charge in [0.2, 0.25) is 0 Å². The molecule has 0 saturated heterocycles. The molecule has 7 heteroatoms. The SMILES string of the molecule is O=[Se](=O)=C1C=CC(C(F)(F)F)=C(Cl)C1. The number of alkyl halides is 3. The van der Waals surface area contributed by atoms with Gasteiger partial charge in [0.05, 0.1) is 0 Å². The number of halogens is 4. The molecule has 0 amide bonds. The minimum absolute atomic E-state index is 0.0528. The van der Waals surface area contributed by atoms with Crippen molar-refractivity contribution in [2.24, 2.45) is 0 Å². The van der Waals surface area contributed by atoms with Crippen molar-refractivity contribution < 1.29 is 20.8 Å². The van der Waals surface area contributed by atoms with Crippen LogP contribution in [0, 0.1) is 0 Å². The summed E-state index contributed by atoms with van der Waals surface area (Å²) >= 11 is 1.93. The predicted molar refractivity (Wildman–Crippen MR) is 44.8 cm³/mol. The number of rotatable bonds is 0. The van der Waals surface area contributed by atoms with Crippen LogP contribution in [-0.4, -0.2) is 23.9 Å². The van der Waals surface area contributed by atoms with E-state index in [0.29, 0.717) is 6.08 Å². The Balaban J connectivity index is 3.15. The van der Waals surface area contributed by atoms with E-state index in [-0.39, 0.29) is 10.8 Å². The molecule has 0 aromatic rings. The average Bonchev–Trinajstić information content (AvgIpc) is 2.01. The Morgan fingerprint density at radius 3 is 2.21 bits per heavy atom. The van der Waals surface area contributed by atoms with E-state index in [1.54, 1.807) is 0 Å². The number of hydrogen-bond acceptors (Lipinski definition) is 2. The molecule has 0 atom stereocenters. The van der Waals surface area contributed by atoms with Crippen molar-refractivity contribution in [3.05, 3.63) is 22.8 Å². The second kappa shape index (κ2) is 3.96. The molecular formula is C7H4ClF3O2Se. The quantitative estimate of drug-likeness (QED) is 0.641. The van der Waals surface area contributed by atoms with Crippen LogP contribution in [-0.2, 0) is 7.67 Å². The first-order valence-electron chi connectivity index (χ1n) is 3.41. The second-order valence-corrected chi connectivity index (χ2v) is 5.07. The third-order valence-electron chi connectivity index (χ3n) is 1.58. The number of allylic oxidation sites excluding steroid dienone is 4. The van der Waals surface area contributed by atoms with Crippen molar-refractivity contribution in [2.45, 2.75) is 12.6 Å². The van der Waals surface area contributed by atoms with Crippen molar-refractivity contribution in [2.75, 3.05) is 0 Å². The van der Waals surface area contributed by atoms with Crippen LogP contribution in [0.25, 0.3) is 0 Å². The molecule has 78 valence electrons. The Labute approximate surface area is 85.9 Å². The maximum absolute atomic E-state index is 12.2. The molecule has 0 N–H and O–H groups in total. The summed E-state index contributed by atoms with van der Waals surface area (Å²) in [5.41, 5.74) is -0.977. The zero-order valence-corrected chi connectivity index (χ0v) is 9.07. The Hall–Kier alpha value is -0.451. The third-order valence-corrected chi connectivity index (χ3v) is 3.40. The fourth-order valence-corrected chi connectivity index (χ4v) is 2.36. The molecule has 0 unspecified atom stereocenters. The third kappa shape index (κ3) is 2.53. The fourth-order valence-electron chi connectivity index (χ4n) is 0.937. The van der Waals surface area contributed by atoms with E-state index >= 15 is 0 Å². The van der Waals surface area contributed by atoms with Gasteiger partial charge in [-0.1, -0.05) is 0 Å². The summed E-state index contributed by atoms with van der Waals surface area (Å²) < 4.78 is 57.5. The standard InChI is InChI=1S/C7H4ClF3O2Se/c8-6-3-4(14(12)13)1-2-5(6)7(9,10)11/h1-2H,3H2. The molecule has 1 rings (SSSR count). The first-order chi connectivity index (χ1) is 6.32. The van der Waals surface area contributed by atoms with Crippen LogP contribution in [0.1, 0.15) is 6.42 Å². The van der Waals surface area contributed by atoms with E-state index in [1.807, 2.05) is 0 Å². The second-order valence-electron chi connectivity index (χ2n) is 2.53.